The molecule has 0 atom stereocenters. The Kier molecular flexibility index (Phi) is 2.30. The van der Waals surface area contributed by atoms with E-state index in [9.17, 15) is 17.6 Å². The van der Waals surface area contributed by atoms with Gasteiger partial charge in [0, 0.05) is 5.69 Å². The van der Waals surface area contributed by atoms with E-state index in [1.54, 1.807) is 0 Å². The van der Waals surface area contributed by atoms with Crippen molar-refractivity contribution >= 4 is 0 Å². The summed E-state index contributed by atoms with van der Waals surface area (Å²) in [5, 5.41) is 0. The Morgan fingerprint density at radius 2 is 1.92 bits per heavy atom. The molecular formula is C7H5F4N. The van der Waals surface area contributed by atoms with Crippen LogP contribution in [-0.4, -0.2) is 11.2 Å². The fourth-order valence-electron chi connectivity index (χ4n) is 0.716. The zero-order valence-electron chi connectivity index (χ0n) is 5.90. The van der Waals surface area contributed by atoms with Crippen LogP contribution in [0.25, 0.3) is 0 Å². The van der Waals surface area contributed by atoms with Gasteiger partial charge in [0.1, 0.15) is 5.82 Å². The number of nitrogens with zero attached hydrogens (tertiary/aromatic N) is 1. The summed E-state index contributed by atoms with van der Waals surface area (Å²) in [4.78, 5) is 3.27. The third kappa shape index (κ3) is 2.86. The predicted molar refractivity (Wildman–Crippen MR) is 34.0 cm³/mol. The largest absolute Gasteiger partial charge is 0.394 e. The first kappa shape index (κ1) is 8.96. The van der Waals surface area contributed by atoms with Gasteiger partial charge in [-0.15, -0.1) is 0 Å². The molecule has 0 saturated heterocycles. The summed E-state index contributed by atoms with van der Waals surface area (Å²) in [6.07, 6.45) is -4.64. The van der Waals surface area contributed by atoms with Crippen LogP contribution < -0.4 is 0 Å². The molecule has 0 spiro atoms. The Morgan fingerprint density at radius 3 is 2.33 bits per heavy atom. The Labute approximate surface area is 66.0 Å². The van der Waals surface area contributed by atoms with Crippen molar-refractivity contribution in [1.82, 2.24) is 4.98 Å². The molecule has 0 amide bonds. The molecule has 0 bridgehead atoms. The lowest BCUT2D eigenvalue weighted by Crippen LogP contribution is -2.12. The molecule has 12 heavy (non-hydrogen) atoms. The maximum atomic E-state index is 12.2. The van der Waals surface area contributed by atoms with Gasteiger partial charge in [-0.1, -0.05) is 0 Å². The number of hydrogen-bond donors (Lipinski definition) is 0. The summed E-state index contributed by atoms with van der Waals surface area (Å²) in [6.45, 7) is 0. The van der Waals surface area contributed by atoms with Crippen molar-refractivity contribution in [2.75, 3.05) is 0 Å². The van der Waals surface area contributed by atoms with Crippen molar-refractivity contribution in [2.24, 2.45) is 0 Å². The van der Waals surface area contributed by atoms with Gasteiger partial charge < -0.3 is 0 Å². The molecule has 0 N–H and O–H groups in total. The van der Waals surface area contributed by atoms with Crippen LogP contribution >= 0.6 is 0 Å². The highest BCUT2D eigenvalue weighted by Gasteiger charge is 2.28. The van der Waals surface area contributed by atoms with Gasteiger partial charge in [-0.2, -0.15) is 13.2 Å². The van der Waals surface area contributed by atoms with Gasteiger partial charge in [0.15, 0.2) is 0 Å². The molecule has 0 radical (unpaired) electrons. The zero-order chi connectivity index (χ0) is 9.19. The molecular weight excluding hydrogens is 174 g/mol. The molecule has 1 rings (SSSR count). The molecule has 1 aromatic rings. The second kappa shape index (κ2) is 3.08. The summed E-state index contributed by atoms with van der Waals surface area (Å²) >= 11 is 0. The van der Waals surface area contributed by atoms with Crippen LogP contribution in [0.1, 0.15) is 5.69 Å². The number of hydrogen-bond acceptors (Lipinski definition) is 1. The van der Waals surface area contributed by atoms with Gasteiger partial charge in [-0.3, -0.25) is 4.98 Å². The standard InChI is InChI=1S/C7H5F4N/c8-5-1-2-6(12-4-5)3-7(9,10)11/h1-2,4H,3H2. The Hall–Kier alpha value is -1.13. The van der Waals surface area contributed by atoms with Crippen LogP contribution in [0.3, 0.4) is 0 Å². The Bertz CT molecular complexity index is 251. The van der Waals surface area contributed by atoms with E-state index in [-0.39, 0.29) is 5.69 Å². The zero-order valence-corrected chi connectivity index (χ0v) is 5.90. The topological polar surface area (TPSA) is 12.9 Å². The van der Waals surface area contributed by atoms with Crippen molar-refractivity contribution in [1.29, 1.82) is 0 Å². The van der Waals surface area contributed by atoms with Gasteiger partial charge in [0.25, 0.3) is 0 Å². The highest BCUT2D eigenvalue weighted by atomic mass is 19.4. The van der Waals surface area contributed by atoms with Gasteiger partial charge >= 0.3 is 6.18 Å². The molecule has 66 valence electrons. The maximum absolute atomic E-state index is 12.2. The summed E-state index contributed by atoms with van der Waals surface area (Å²) in [5.41, 5.74) is -0.177. The van der Waals surface area contributed by atoms with Gasteiger partial charge in [-0.05, 0) is 12.1 Å². The molecule has 0 saturated carbocycles. The smallest absolute Gasteiger partial charge is 0.258 e. The van der Waals surface area contributed by atoms with Crippen molar-refractivity contribution in [3.05, 3.63) is 29.8 Å². The first-order valence-corrected chi connectivity index (χ1v) is 3.14. The number of rotatable bonds is 1. The van der Waals surface area contributed by atoms with Crippen molar-refractivity contribution in [3.8, 4) is 0 Å². The molecule has 0 aliphatic heterocycles. The SMILES string of the molecule is Fc1ccc(CC(F)(F)F)nc1. The normalized spacial score (nSPS) is 11.7. The number of aromatic nitrogens is 1. The highest BCUT2D eigenvalue weighted by molar-refractivity contribution is 5.06. The number of alkyl halides is 3. The third-order valence-electron chi connectivity index (χ3n) is 1.17. The van der Waals surface area contributed by atoms with E-state index in [0.29, 0.717) is 0 Å². The van der Waals surface area contributed by atoms with E-state index in [0.717, 1.165) is 18.3 Å². The monoisotopic (exact) mass is 179 g/mol. The number of pyridine rings is 1. The quantitative estimate of drug-likeness (QED) is 0.603. The average Bonchev–Trinajstić information content (AvgIpc) is 1.91. The lowest BCUT2D eigenvalue weighted by molar-refractivity contribution is -0.127. The minimum Gasteiger partial charge on any atom is -0.258 e. The van der Waals surface area contributed by atoms with E-state index in [1.165, 1.54) is 0 Å². The highest BCUT2D eigenvalue weighted by Crippen LogP contribution is 2.19. The molecule has 1 aromatic heterocycles. The second-order valence-corrected chi connectivity index (χ2v) is 2.26. The van der Waals surface area contributed by atoms with E-state index in [1.807, 2.05) is 0 Å². The van der Waals surface area contributed by atoms with E-state index >= 15 is 0 Å². The fraction of sp³-hybridized carbons (Fsp3) is 0.286. The average molecular weight is 179 g/mol. The van der Waals surface area contributed by atoms with Crippen molar-refractivity contribution < 1.29 is 17.6 Å². The van der Waals surface area contributed by atoms with E-state index in [2.05, 4.69) is 4.98 Å². The Morgan fingerprint density at radius 1 is 1.25 bits per heavy atom. The summed E-state index contributed by atoms with van der Waals surface area (Å²) in [5.74, 6) is -0.638. The summed E-state index contributed by atoms with van der Waals surface area (Å²) in [6, 6.07) is 1.97. The molecule has 0 unspecified atom stereocenters. The van der Waals surface area contributed by atoms with E-state index < -0.39 is 18.4 Å². The van der Waals surface area contributed by atoms with Crippen LogP contribution in [0.2, 0.25) is 0 Å². The minimum absolute atomic E-state index is 0.177. The van der Waals surface area contributed by atoms with Gasteiger partial charge in [0.2, 0.25) is 0 Å². The molecule has 0 aliphatic carbocycles. The van der Waals surface area contributed by atoms with Crippen LogP contribution in [0, 0.1) is 5.82 Å². The first-order chi connectivity index (χ1) is 5.47. The third-order valence-corrected chi connectivity index (χ3v) is 1.17. The predicted octanol–water partition coefficient (Wildman–Crippen LogP) is 2.33. The molecule has 1 nitrogen and oxygen atoms in total. The van der Waals surface area contributed by atoms with Crippen LogP contribution in [-0.2, 0) is 6.42 Å². The van der Waals surface area contributed by atoms with Crippen molar-refractivity contribution in [2.45, 2.75) is 12.6 Å². The van der Waals surface area contributed by atoms with Gasteiger partial charge in [-0.25, -0.2) is 4.39 Å². The molecule has 0 aliphatic rings. The molecule has 0 fully saturated rings. The van der Waals surface area contributed by atoms with Crippen molar-refractivity contribution in [3.63, 3.8) is 0 Å². The van der Waals surface area contributed by atoms with E-state index in [4.69, 9.17) is 0 Å². The second-order valence-electron chi connectivity index (χ2n) is 2.26. The summed E-state index contributed by atoms with van der Waals surface area (Å²) < 4.78 is 47.3. The summed E-state index contributed by atoms with van der Waals surface area (Å²) in [7, 11) is 0. The lowest BCUT2D eigenvalue weighted by Gasteiger charge is -2.04. The Balaban J connectivity index is 2.71. The molecule has 1 heterocycles. The van der Waals surface area contributed by atoms with Crippen LogP contribution in [0.15, 0.2) is 18.3 Å². The number of halogens is 4. The lowest BCUT2D eigenvalue weighted by atomic mass is 10.3. The minimum atomic E-state index is -4.29. The fourth-order valence-corrected chi connectivity index (χ4v) is 0.716. The maximum Gasteiger partial charge on any atom is 0.394 e. The molecule has 0 aromatic carbocycles. The van der Waals surface area contributed by atoms with Gasteiger partial charge in [0.05, 0.1) is 12.6 Å². The van der Waals surface area contributed by atoms with Crippen LogP contribution in [0.5, 0.6) is 0 Å². The first-order valence-electron chi connectivity index (χ1n) is 3.14. The van der Waals surface area contributed by atoms with Crippen LogP contribution in [0.4, 0.5) is 17.6 Å². The molecule has 5 heteroatoms.